The fraction of sp³-hybridized carbons (Fsp3) is 0. The summed E-state index contributed by atoms with van der Waals surface area (Å²) in [5.41, 5.74) is 0.370. The number of hydrogen-bond acceptors (Lipinski definition) is 3. The van der Waals surface area contributed by atoms with E-state index in [1.54, 1.807) is 6.07 Å². The summed E-state index contributed by atoms with van der Waals surface area (Å²) in [7, 11) is 0. The lowest BCUT2D eigenvalue weighted by Crippen LogP contribution is -2.34. The van der Waals surface area contributed by atoms with Gasteiger partial charge in [-0.05, 0) is 58.5 Å². The number of halogens is 4. The first-order chi connectivity index (χ1) is 11.7. The van der Waals surface area contributed by atoms with Crippen molar-refractivity contribution in [2.24, 2.45) is 0 Å². The van der Waals surface area contributed by atoms with Crippen LogP contribution in [0.25, 0.3) is 0 Å². The molecule has 3 N–H and O–H groups in total. The molecule has 0 heterocycles. The first-order valence-electron chi connectivity index (χ1n) is 6.48. The molecule has 0 aromatic heterocycles. The van der Waals surface area contributed by atoms with Gasteiger partial charge in [0.05, 0.1) is 21.8 Å². The molecule has 5 nitrogen and oxygen atoms in total. The Morgan fingerprint density at radius 1 is 1.08 bits per heavy atom. The van der Waals surface area contributed by atoms with E-state index >= 15 is 0 Å². The molecule has 0 aliphatic rings. The molecule has 1 amide bonds. The highest BCUT2D eigenvalue weighted by atomic mass is 79.9. The van der Waals surface area contributed by atoms with E-state index in [0.29, 0.717) is 14.0 Å². The van der Waals surface area contributed by atoms with E-state index in [1.807, 2.05) is 0 Å². The molecular formula is C15H8Br2Cl2N2O3S. The fourth-order valence-electron chi connectivity index (χ4n) is 1.86. The predicted octanol–water partition coefficient (Wildman–Crippen LogP) is 5.34. The van der Waals surface area contributed by atoms with Crippen LogP contribution in [-0.4, -0.2) is 22.1 Å². The maximum atomic E-state index is 12.2. The zero-order chi connectivity index (χ0) is 18.7. The van der Waals surface area contributed by atoms with Crippen molar-refractivity contribution in [2.75, 3.05) is 5.32 Å². The highest BCUT2D eigenvalue weighted by molar-refractivity contribution is 9.11. The molecule has 0 saturated heterocycles. The van der Waals surface area contributed by atoms with Crippen LogP contribution in [0, 0.1) is 0 Å². The largest absolute Gasteiger partial charge is 0.478 e. The Morgan fingerprint density at radius 2 is 1.76 bits per heavy atom. The molecule has 130 valence electrons. The van der Waals surface area contributed by atoms with Gasteiger partial charge in [0.15, 0.2) is 5.11 Å². The van der Waals surface area contributed by atoms with Gasteiger partial charge in [0.25, 0.3) is 5.91 Å². The van der Waals surface area contributed by atoms with Crippen molar-refractivity contribution in [3.8, 4) is 0 Å². The lowest BCUT2D eigenvalue weighted by molar-refractivity contribution is 0.0697. The number of benzene rings is 2. The Balaban J connectivity index is 2.21. The van der Waals surface area contributed by atoms with E-state index in [1.165, 1.54) is 24.3 Å². The molecule has 10 heteroatoms. The van der Waals surface area contributed by atoms with Crippen molar-refractivity contribution in [3.63, 3.8) is 0 Å². The van der Waals surface area contributed by atoms with Gasteiger partial charge >= 0.3 is 5.97 Å². The highest BCUT2D eigenvalue weighted by Gasteiger charge is 2.18. The summed E-state index contributed by atoms with van der Waals surface area (Å²) < 4.78 is 1.03. The predicted molar refractivity (Wildman–Crippen MR) is 109 cm³/mol. The van der Waals surface area contributed by atoms with Crippen LogP contribution in [0.5, 0.6) is 0 Å². The molecule has 0 atom stereocenters. The number of aromatic carboxylic acids is 1. The first-order valence-corrected chi connectivity index (χ1v) is 9.23. The molecule has 0 fully saturated rings. The average molecular weight is 527 g/mol. The Bertz CT molecular complexity index is 893. The van der Waals surface area contributed by atoms with Crippen LogP contribution in [-0.2, 0) is 0 Å². The minimum atomic E-state index is -1.15. The summed E-state index contributed by atoms with van der Waals surface area (Å²) in [6.45, 7) is 0. The molecule has 0 unspecified atom stereocenters. The molecule has 25 heavy (non-hydrogen) atoms. The van der Waals surface area contributed by atoms with Gasteiger partial charge in [0.2, 0.25) is 0 Å². The molecule has 2 rings (SSSR count). The normalized spacial score (nSPS) is 10.2. The van der Waals surface area contributed by atoms with Crippen molar-refractivity contribution in [1.82, 2.24) is 5.32 Å². The lowest BCUT2D eigenvalue weighted by atomic mass is 10.2. The number of carbonyl (C=O) groups is 2. The Morgan fingerprint density at radius 3 is 2.36 bits per heavy atom. The number of anilines is 1. The van der Waals surface area contributed by atoms with E-state index < -0.39 is 11.9 Å². The van der Waals surface area contributed by atoms with E-state index in [2.05, 4.69) is 42.5 Å². The van der Waals surface area contributed by atoms with Crippen molar-refractivity contribution < 1.29 is 14.7 Å². The van der Waals surface area contributed by atoms with Crippen molar-refractivity contribution in [1.29, 1.82) is 0 Å². The van der Waals surface area contributed by atoms with Gasteiger partial charge in [-0.1, -0.05) is 39.1 Å². The Kier molecular flexibility index (Phi) is 6.81. The number of carboxylic acids is 1. The second-order valence-electron chi connectivity index (χ2n) is 4.65. The van der Waals surface area contributed by atoms with Crippen molar-refractivity contribution in [3.05, 3.63) is 60.4 Å². The molecule has 0 saturated carbocycles. The first kappa shape index (κ1) is 20.1. The molecule has 2 aromatic carbocycles. The molecule has 0 aliphatic heterocycles. The average Bonchev–Trinajstić information content (AvgIpc) is 2.49. The second kappa shape index (κ2) is 8.46. The minimum Gasteiger partial charge on any atom is -0.478 e. The maximum Gasteiger partial charge on any atom is 0.337 e. The maximum absolute atomic E-state index is 12.2. The third kappa shape index (κ3) is 5.15. The summed E-state index contributed by atoms with van der Waals surface area (Å²) >= 11 is 23.3. The van der Waals surface area contributed by atoms with E-state index in [9.17, 15) is 14.7 Å². The van der Waals surface area contributed by atoms with E-state index in [-0.39, 0.29) is 26.9 Å². The number of hydrogen-bond donors (Lipinski definition) is 3. The highest BCUT2D eigenvalue weighted by Crippen LogP contribution is 2.31. The standard InChI is InChI=1S/C15H8Br2Cl2N2O3S/c16-6-3-9(14(23)24)12(10(17)4-6)20-15(25)21-13(22)8-2-1-7(18)5-11(8)19/h1-5H,(H,23,24)(H2,20,21,22,25). The van der Waals surface area contributed by atoms with Crippen LogP contribution in [0.2, 0.25) is 10.0 Å². The summed E-state index contributed by atoms with van der Waals surface area (Å²) in [6, 6.07) is 7.47. The van der Waals surface area contributed by atoms with Crippen LogP contribution >= 0.6 is 67.3 Å². The van der Waals surface area contributed by atoms with Gasteiger partial charge in [-0.3, -0.25) is 10.1 Å². The Hall–Kier alpha value is -1.19. The quantitative estimate of drug-likeness (QED) is 0.470. The molecule has 0 radical (unpaired) electrons. The number of amides is 1. The number of rotatable bonds is 3. The summed E-state index contributed by atoms with van der Waals surface area (Å²) in [5, 5.41) is 14.9. The van der Waals surface area contributed by atoms with Crippen molar-refractivity contribution >= 4 is 90.0 Å². The summed E-state index contributed by atoms with van der Waals surface area (Å²) in [6.07, 6.45) is 0. The van der Waals surface area contributed by atoms with Crippen molar-refractivity contribution in [2.45, 2.75) is 0 Å². The molecule has 0 bridgehead atoms. The van der Waals surface area contributed by atoms with Gasteiger partial charge in [-0.25, -0.2) is 4.79 Å². The third-order valence-electron chi connectivity index (χ3n) is 2.93. The minimum absolute atomic E-state index is 0.0256. The number of carbonyl (C=O) groups excluding carboxylic acids is 1. The number of carboxylic acid groups (broad SMARTS) is 1. The molecular weight excluding hydrogens is 519 g/mol. The van der Waals surface area contributed by atoms with Gasteiger partial charge in [0, 0.05) is 14.0 Å². The summed E-state index contributed by atoms with van der Waals surface area (Å²) in [4.78, 5) is 23.6. The van der Waals surface area contributed by atoms with Gasteiger partial charge < -0.3 is 10.4 Å². The van der Waals surface area contributed by atoms with E-state index in [0.717, 1.165) is 0 Å². The zero-order valence-electron chi connectivity index (χ0n) is 12.1. The summed E-state index contributed by atoms with van der Waals surface area (Å²) in [5.74, 6) is -1.70. The van der Waals surface area contributed by atoms with Crippen LogP contribution in [0.3, 0.4) is 0 Å². The van der Waals surface area contributed by atoms with Crippen LogP contribution in [0.1, 0.15) is 20.7 Å². The Labute approximate surface area is 175 Å². The second-order valence-corrected chi connectivity index (χ2v) is 7.67. The van der Waals surface area contributed by atoms with Crippen LogP contribution in [0.15, 0.2) is 39.3 Å². The van der Waals surface area contributed by atoms with Gasteiger partial charge in [-0.2, -0.15) is 0 Å². The lowest BCUT2D eigenvalue weighted by Gasteiger charge is -2.14. The molecule has 0 spiro atoms. The fourth-order valence-corrected chi connectivity index (χ4v) is 3.87. The van der Waals surface area contributed by atoms with Gasteiger partial charge in [0.1, 0.15) is 0 Å². The van der Waals surface area contributed by atoms with Crippen LogP contribution < -0.4 is 10.6 Å². The zero-order valence-corrected chi connectivity index (χ0v) is 17.6. The topological polar surface area (TPSA) is 78.4 Å². The van der Waals surface area contributed by atoms with Crippen LogP contribution in [0.4, 0.5) is 5.69 Å². The van der Waals surface area contributed by atoms with Gasteiger partial charge in [-0.15, -0.1) is 0 Å². The molecule has 0 aliphatic carbocycles. The monoisotopic (exact) mass is 524 g/mol. The smallest absolute Gasteiger partial charge is 0.337 e. The molecule has 2 aromatic rings. The number of thiocarbonyl (C=S) groups is 1. The van der Waals surface area contributed by atoms with E-state index in [4.69, 9.17) is 35.4 Å². The SMILES string of the molecule is O=C(NC(=S)Nc1c(Br)cc(Br)cc1C(=O)O)c1ccc(Cl)cc1Cl. The number of nitrogens with one attached hydrogen (secondary N) is 2. The third-order valence-corrected chi connectivity index (χ3v) is 4.76.